The fraction of sp³-hybridized carbons (Fsp3) is 0.500. The summed E-state index contributed by atoms with van der Waals surface area (Å²) in [4.78, 5) is 13.8. The third-order valence-electron chi connectivity index (χ3n) is 2.84. The number of nitrogens with zero attached hydrogens (tertiary/aromatic N) is 1. The molecule has 3 nitrogen and oxygen atoms in total. The molecule has 1 rings (SSSR count). The van der Waals surface area contributed by atoms with Crippen molar-refractivity contribution in [2.24, 2.45) is 11.1 Å². The normalized spacial score (nSPS) is 12.5. The van der Waals surface area contributed by atoms with Gasteiger partial charge in [-0.2, -0.15) is 0 Å². The highest BCUT2D eigenvalue weighted by Gasteiger charge is 2.29. The summed E-state index contributed by atoms with van der Waals surface area (Å²) >= 11 is 0. The Balaban J connectivity index is 0.00000289. The molecule has 0 fully saturated rings. The number of benzene rings is 1. The van der Waals surface area contributed by atoms with Crippen molar-refractivity contribution in [2.75, 3.05) is 7.05 Å². The maximum Gasteiger partial charge on any atom is 0.240 e. The molecule has 0 aliphatic heterocycles. The molecular weight excluding hydrogens is 248 g/mol. The Morgan fingerprint density at radius 3 is 2.22 bits per heavy atom. The third-order valence-corrected chi connectivity index (χ3v) is 2.84. The number of halogens is 1. The number of carbonyl (C=O) groups is 1. The van der Waals surface area contributed by atoms with Gasteiger partial charge in [0.25, 0.3) is 0 Å². The largest absolute Gasteiger partial charge is 0.340 e. The van der Waals surface area contributed by atoms with Gasteiger partial charge in [0.1, 0.15) is 0 Å². The highest BCUT2D eigenvalue weighted by Crippen LogP contribution is 2.19. The molecule has 18 heavy (non-hydrogen) atoms. The maximum absolute atomic E-state index is 12.1. The van der Waals surface area contributed by atoms with Crippen LogP contribution in [0, 0.1) is 5.41 Å². The Morgan fingerprint density at radius 2 is 1.78 bits per heavy atom. The second-order valence-corrected chi connectivity index (χ2v) is 5.52. The van der Waals surface area contributed by atoms with E-state index in [9.17, 15) is 4.79 Å². The average Bonchev–Trinajstić information content (AvgIpc) is 2.27. The number of rotatable bonds is 3. The molecular formula is C14H23ClN2O. The highest BCUT2D eigenvalue weighted by atomic mass is 35.5. The van der Waals surface area contributed by atoms with Crippen molar-refractivity contribution in [3.8, 4) is 0 Å². The van der Waals surface area contributed by atoms with E-state index in [1.54, 1.807) is 11.9 Å². The molecule has 2 N–H and O–H groups in total. The van der Waals surface area contributed by atoms with Crippen molar-refractivity contribution in [3.05, 3.63) is 35.9 Å². The van der Waals surface area contributed by atoms with Crippen LogP contribution < -0.4 is 5.73 Å². The molecule has 0 saturated carbocycles. The zero-order valence-electron chi connectivity index (χ0n) is 11.5. The van der Waals surface area contributed by atoms with Crippen LogP contribution in [0.2, 0.25) is 0 Å². The van der Waals surface area contributed by atoms with E-state index in [0.717, 1.165) is 5.56 Å². The highest BCUT2D eigenvalue weighted by molar-refractivity contribution is 5.85. The monoisotopic (exact) mass is 270 g/mol. The second-order valence-electron chi connectivity index (χ2n) is 5.52. The van der Waals surface area contributed by atoms with E-state index in [0.29, 0.717) is 6.54 Å². The van der Waals surface area contributed by atoms with Crippen LogP contribution in [0.1, 0.15) is 26.3 Å². The summed E-state index contributed by atoms with van der Waals surface area (Å²) in [5, 5.41) is 0. The molecule has 1 aromatic rings. The molecule has 0 bridgehead atoms. The molecule has 0 radical (unpaired) electrons. The summed E-state index contributed by atoms with van der Waals surface area (Å²) in [6.45, 7) is 6.53. The van der Waals surface area contributed by atoms with E-state index in [1.807, 2.05) is 51.1 Å². The fourth-order valence-electron chi connectivity index (χ4n) is 1.54. The summed E-state index contributed by atoms with van der Waals surface area (Å²) in [6, 6.07) is 9.45. The molecule has 0 heterocycles. The Bertz CT molecular complexity index is 373. The molecule has 102 valence electrons. The minimum Gasteiger partial charge on any atom is -0.340 e. The minimum atomic E-state index is -0.462. The quantitative estimate of drug-likeness (QED) is 0.917. The Labute approximate surface area is 116 Å². The van der Waals surface area contributed by atoms with Gasteiger partial charge in [-0.05, 0) is 11.0 Å². The zero-order chi connectivity index (χ0) is 13.1. The van der Waals surface area contributed by atoms with E-state index in [1.165, 1.54) is 0 Å². The topological polar surface area (TPSA) is 46.3 Å². The molecule has 0 aromatic heterocycles. The van der Waals surface area contributed by atoms with E-state index in [4.69, 9.17) is 5.73 Å². The van der Waals surface area contributed by atoms with E-state index in [-0.39, 0.29) is 23.7 Å². The maximum atomic E-state index is 12.1. The first-order valence-electron chi connectivity index (χ1n) is 5.87. The van der Waals surface area contributed by atoms with Crippen molar-refractivity contribution >= 4 is 18.3 Å². The van der Waals surface area contributed by atoms with Crippen molar-refractivity contribution in [1.29, 1.82) is 0 Å². The lowest BCUT2D eigenvalue weighted by atomic mass is 9.86. The summed E-state index contributed by atoms with van der Waals surface area (Å²) in [5.41, 5.74) is 6.87. The zero-order valence-corrected chi connectivity index (χ0v) is 12.3. The first-order chi connectivity index (χ1) is 7.82. The fourth-order valence-corrected chi connectivity index (χ4v) is 1.54. The number of hydrogen-bond donors (Lipinski definition) is 1. The first-order valence-corrected chi connectivity index (χ1v) is 5.87. The van der Waals surface area contributed by atoms with Gasteiger partial charge < -0.3 is 10.6 Å². The van der Waals surface area contributed by atoms with Gasteiger partial charge in [-0.3, -0.25) is 4.79 Å². The second kappa shape index (κ2) is 6.76. The van der Waals surface area contributed by atoms with Crippen molar-refractivity contribution in [3.63, 3.8) is 0 Å². The van der Waals surface area contributed by atoms with Crippen molar-refractivity contribution < 1.29 is 4.79 Å². The standard InChI is InChI=1S/C14H22N2O.ClH/c1-14(2,3)12(15)13(17)16(4)10-11-8-6-5-7-9-11;/h5-9,12H,10,15H2,1-4H3;1H/t12-;/m1./s1. The van der Waals surface area contributed by atoms with Crippen LogP contribution in [0.4, 0.5) is 0 Å². The number of amides is 1. The van der Waals surface area contributed by atoms with Gasteiger partial charge in [0.2, 0.25) is 5.91 Å². The summed E-state index contributed by atoms with van der Waals surface area (Å²) in [5.74, 6) is -0.0126. The summed E-state index contributed by atoms with van der Waals surface area (Å²) in [6.07, 6.45) is 0. The molecule has 0 unspecified atom stereocenters. The molecule has 4 heteroatoms. The summed E-state index contributed by atoms with van der Waals surface area (Å²) < 4.78 is 0. The number of carbonyl (C=O) groups excluding carboxylic acids is 1. The van der Waals surface area contributed by atoms with Crippen LogP contribution >= 0.6 is 12.4 Å². The predicted octanol–water partition coefficient (Wildman–Crippen LogP) is 2.44. The SMILES string of the molecule is CN(Cc1ccccc1)C(=O)[C@@H](N)C(C)(C)C.Cl. The Morgan fingerprint density at radius 1 is 1.28 bits per heavy atom. The number of hydrogen-bond acceptors (Lipinski definition) is 2. The van der Waals surface area contributed by atoms with E-state index < -0.39 is 6.04 Å². The van der Waals surface area contributed by atoms with Crippen molar-refractivity contribution in [2.45, 2.75) is 33.4 Å². The Kier molecular flexibility index (Phi) is 6.36. The Hall–Kier alpha value is -1.06. The van der Waals surface area contributed by atoms with Gasteiger partial charge in [0.05, 0.1) is 6.04 Å². The van der Waals surface area contributed by atoms with Gasteiger partial charge in [-0.25, -0.2) is 0 Å². The van der Waals surface area contributed by atoms with Gasteiger partial charge >= 0.3 is 0 Å². The van der Waals surface area contributed by atoms with Crippen LogP contribution in [-0.2, 0) is 11.3 Å². The number of likely N-dealkylation sites (N-methyl/N-ethyl adjacent to an activating group) is 1. The average molecular weight is 271 g/mol. The van der Waals surface area contributed by atoms with Crippen molar-refractivity contribution in [1.82, 2.24) is 4.90 Å². The molecule has 0 spiro atoms. The molecule has 0 saturated heterocycles. The van der Waals surface area contributed by atoms with Gasteiger partial charge in [-0.15, -0.1) is 12.4 Å². The third kappa shape index (κ3) is 4.67. The first kappa shape index (κ1) is 16.9. The van der Waals surface area contributed by atoms with Crippen LogP contribution in [0.25, 0.3) is 0 Å². The van der Waals surface area contributed by atoms with Gasteiger partial charge in [-0.1, -0.05) is 51.1 Å². The lowest BCUT2D eigenvalue weighted by Crippen LogP contribution is -2.48. The molecule has 1 aromatic carbocycles. The van der Waals surface area contributed by atoms with E-state index in [2.05, 4.69) is 0 Å². The smallest absolute Gasteiger partial charge is 0.240 e. The molecule has 0 aliphatic rings. The molecule has 1 amide bonds. The lowest BCUT2D eigenvalue weighted by molar-refractivity contribution is -0.134. The van der Waals surface area contributed by atoms with Crippen LogP contribution in [0.3, 0.4) is 0 Å². The predicted molar refractivity (Wildman–Crippen MR) is 77.6 cm³/mol. The van der Waals surface area contributed by atoms with Gasteiger partial charge in [0, 0.05) is 13.6 Å². The lowest BCUT2D eigenvalue weighted by Gasteiger charge is -2.30. The van der Waals surface area contributed by atoms with Gasteiger partial charge in [0.15, 0.2) is 0 Å². The van der Waals surface area contributed by atoms with Crippen LogP contribution in [0.5, 0.6) is 0 Å². The minimum absolute atomic E-state index is 0. The van der Waals surface area contributed by atoms with E-state index >= 15 is 0 Å². The molecule has 0 aliphatic carbocycles. The molecule has 1 atom stereocenters. The summed E-state index contributed by atoms with van der Waals surface area (Å²) in [7, 11) is 1.79. The van der Waals surface area contributed by atoms with Crippen LogP contribution in [-0.4, -0.2) is 23.9 Å². The number of nitrogens with two attached hydrogens (primary N) is 1. The van der Waals surface area contributed by atoms with Crippen LogP contribution in [0.15, 0.2) is 30.3 Å².